The molecule has 4 rings (SSSR count). The van der Waals surface area contributed by atoms with Crippen LogP contribution in [0.2, 0.25) is 0 Å². The largest absolute Gasteiger partial charge is 0.340 e. The summed E-state index contributed by atoms with van der Waals surface area (Å²) in [6, 6.07) is 15.1. The number of nitrogens with one attached hydrogen (secondary N) is 1. The molecular weight excluding hydrogens is 361 g/mol. The number of amidine groups is 2. The third kappa shape index (κ3) is 4.92. The lowest BCUT2D eigenvalue weighted by Gasteiger charge is -2.33. The summed E-state index contributed by atoms with van der Waals surface area (Å²) in [6.45, 7) is 4.42. The summed E-state index contributed by atoms with van der Waals surface area (Å²) in [6.07, 6.45) is 8.38. The maximum absolute atomic E-state index is 13.4. The zero-order valence-corrected chi connectivity index (χ0v) is 17.4. The van der Waals surface area contributed by atoms with Crippen molar-refractivity contribution in [3.63, 3.8) is 0 Å². The Hall–Kier alpha value is -2.49. The lowest BCUT2D eigenvalue weighted by molar-refractivity contribution is 0.309. The molecule has 2 aliphatic carbocycles. The summed E-state index contributed by atoms with van der Waals surface area (Å²) in [4.78, 5) is 10.2. The molecule has 1 N–H and O–H groups in total. The summed E-state index contributed by atoms with van der Waals surface area (Å²) in [5.41, 5.74) is 3.06. The van der Waals surface area contributed by atoms with Gasteiger partial charge in [-0.1, -0.05) is 50.5 Å². The first-order chi connectivity index (χ1) is 14.0. The SMILES string of the molecule is Cc1ccccc1C(=NC(=NC1CC1)C1(C)CCCCC1)Nc1ccc(F)cc1. The minimum absolute atomic E-state index is 0.0270. The van der Waals surface area contributed by atoms with Crippen LogP contribution in [-0.2, 0) is 0 Å². The lowest BCUT2D eigenvalue weighted by atomic mass is 9.74. The molecule has 0 saturated heterocycles. The molecule has 0 aromatic heterocycles. The van der Waals surface area contributed by atoms with Crippen LogP contribution in [0.1, 0.15) is 63.0 Å². The van der Waals surface area contributed by atoms with Gasteiger partial charge in [-0.3, -0.25) is 4.99 Å². The molecule has 0 aliphatic heterocycles. The smallest absolute Gasteiger partial charge is 0.140 e. The summed E-state index contributed by atoms with van der Waals surface area (Å²) in [5.74, 6) is 1.53. The minimum Gasteiger partial charge on any atom is -0.340 e. The molecule has 2 aromatic carbocycles. The molecule has 0 unspecified atom stereocenters. The third-order valence-electron chi connectivity index (χ3n) is 6.07. The Morgan fingerprint density at radius 2 is 1.69 bits per heavy atom. The van der Waals surface area contributed by atoms with Crippen molar-refractivity contribution in [2.45, 2.75) is 64.8 Å². The van der Waals surface area contributed by atoms with Crippen LogP contribution in [0.3, 0.4) is 0 Å². The summed E-state index contributed by atoms with van der Waals surface area (Å²) in [5, 5.41) is 3.45. The predicted molar refractivity (Wildman–Crippen MR) is 119 cm³/mol. The van der Waals surface area contributed by atoms with Crippen LogP contribution < -0.4 is 5.32 Å². The molecule has 2 saturated carbocycles. The number of anilines is 1. The van der Waals surface area contributed by atoms with Crippen LogP contribution in [0.15, 0.2) is 58.5 Å². The van der Waals surface area contributed by atoms with E-state index in [2.05, 4.69) is 31.3 Å². The molecule has 0 spiro atoms. The number of halogens is 1. The van der Waals surface area contributed by atoms with Crippen LogP contribution in [0.4, 0.5) is 10.1 Å². The molecule has 0 heterocycles. The Bertz CT molecular complexity index is 904. The van der Waals surface area contributed by atoms with Gasteiger partial charge in [-0.05, 0) is 62.4 Å². The Balaban J connectivity index is 1.76. The Labute approximate surface area is 173 Å². The second-order valence-corrected chi connectivity index (χ2v) is 8.71. The zero-order valence-electron chi connectivity index (χ0n) is 17.4. The molecule has 29 heavy (non-hydrogen) atoms. The number of hydrogen-bond acceptors (Lipinski definition) is 1. The first-order valence-electron chi connectivity index (χ1n) is 10.8. The van der Waals surface area contributed by atoms with E-state index in [1.54, 1.807) is 12.1 Å². The van der Waals surface area contributed by atoms with E-state index in [1.165, 1.54) is 44.2 Å². The van der Waals surface area contributed by atoms with Crippen LogP contribution in [0.5, 0.6) is 0 Å². The highest BCUT2D eigenvalue weighted by molar-refractivity contribution is 6.14. The van der Waals surface area contributed by atoms with Gasteiger partial charge >= 0.3 is 0 Å². The van der Waals surface area contributed by atoms with Gasteiger partial charge in [0.2, 0.25) is 0 Å². The molecule has 4 heteroatoms. The first-order valence-corrected chi connectivity index (χ1v) is 10.8. The zero-order chi connectivity index (χ0) is 20.3. The average molecular weight is 392 g/mol. The average Bonchev–Trinajstić information content (AvgIpc) is 3.54. The van der Waals surface area contributed by atoms with E-state index >= 15 is 0 Å². The molecule has 0 radical (unpaired) electrons. The van der Waals surface area contributed by atoms with Crippen molar-refractivity contribution < 1.29 is 4.39 Å². The maximum Gasteiger partial charge on any atom is 0.140 e. The molecule has 152 valence electrons. The molecule has 2 fully saturated rings. The monoisotopic (exact) mass is 391 g/mol. The molecule has 2 aliphatic rings. The first kappa shape index (κ1) is 19.8. The molecule has 0 atom stereocenters. The highest BCUT2D eigenvalue weighted by Crippen LogP contribution is 2.39. The van der Waals surface area contributed by atoms with Crippen molar-refractivity contribution in [3.05, 3.63) is 65.5 Å². The van der Waals surface area contributed by atoms with Crippen molar-refractivity contribution in [2.24, 2.45) is 15.4 Å². The van der Waals surface area contributed by atoms with Gasteiger partial charge in [-0.25, -0.2) is 9.38 Å². The van der Waals surface area contributed by atoms with E-state index < -0.39 is 0 Å². The van der Waals surface area contributed by atoms with Gasteiger partial charge in [0.1, 0.15) is 17.5 Å². The van der Waals surface area contributed by atoms with Gasteiger partial charge in [-0.2, -0.15) is 0 Å². The summed E-state index contributed by atoms with van der Waals surface area (Å²) < 4.78 is 13.4. The van der Waals surface area contributed by atoms with Crippen LogP contribution in [-0.4, -0.2) is 17.7 Å². The normalized spacial score (nSPS) is 19.8. The quantitative estimate of drug-likeness (QED) is 0.467. The van der Waals surface area contributed by atoms with Gasteiger partial charge in [0.25, 0.3) is 0 Å². The maximum atomic E-state index is 13.4. The molecule has 2 aromatic rings. The number of rotatable bonds is 4. The number of benzene rings is 2. The Kier molecular flexibility index (Phi) is 5.79. The van der Waals surface area contributed by atoms with E-state index in [-0.39, 0.29) is 11.2 Å². The number of aliphatic imine (C=N–C) groups is 2. The van der Waals surface area contributed by atoms with Crippen molar-refractivity contribution in [1.29, 1.82) is 0 Å². The van der Waals surface area contributed by atoms with Crippen LogP contribution >= 0.6 is 0 Å². The fraction of sp³-hybridized carbons (Fsp3) is 0.440. The Morgan fingerprint density at radius 3 is 2.34 bits per heavy atom. The van der Waals surface area contributed by atoms with Crippen molar-refractivity contribution in [2.75, 3.05) is 5.32 Å². The molecule has 3 nitrogen and oxygen atoms in total. The van der Waals surface area contributed by atoms with Crippen molar-refractivity contribution in [3.8, 4) is 0 Å². The summed E-state index contributed by atoms with van der Waals surface area (Å²) >= 11 is 0. The molecular formula is C25H30FN3. The second kappa shape index (κ2) is 8.48. The summed E-state index contributed by atoms with van der Waals surface area (Å²) in [7, 11) is 0. The van der Waals surface area contributed by atoms with Gasteiger partial charge in [0.15, 0.2) is 0 Å². The van der Waals surface area contributed by atoms with E-state index in [0.29, 0.717) is 6.04 Å². The highest BCUT2D eigenvalue weighted by atomic mass is 19.1. The number of aryl methyl sites for hydroxylation is 1. The van der Waals surface area contributed by atoms with E-state index in [0.717, 1.165) is 41.3 Å². The van der Waals surface area contributed by atoms with Gasteiger partial charge in [0, 0.05) is 16.7 Å². The van der Waals surface area contributed by atoms with E-state index in [1.807, 2.05) is 12.1 Å². The van der Waals surface area contributed by atoms with Gasteiger partial charge in [0.05, 0.1) is 6.04 Å². The van der Waals surface area contributed by atoms with E-state index in [9.17, 15) is 4.39 Å². The lowest BCUT2D eigenvalue weighted by Crippen LogP contribution is -2.31. The van der Waals surface area contributed by atoms with Crippen LogP contribution in [0.25, 0.3) is 0 Å². The van der Waals surface area contributed by atoms with Crippen molar-refractivity contribution in [1.82, 2.24) is 0 Å². The number of hydrogen-bond donors (Lipinski definition) is 1. The second-order valence-electron chi connectivity index (χ2n) is 8.71. The minimum atomic E-state index is -0.240. The Morgan fingerprint density at radius 1 is 1.00 bits per heavy atom. The fourth-order valence-electron chi connectivity index (χ4n) is 4.02. The van der Waals surface area contributed by atoms with Crippen molar-refractivity contribution >= 4 is 17.4 Å². The molecule has 0 amide bonds. The number of nitrogens with zero attached hydrogens (tertiary/aromatic N) is 2. The van der Waals surface area contributed by atoms with Crippen LogP contribution in [0, 0.1) is 18.2 Å². The fourth-order valence-corrected chi connectivity index (χ4v) is 4.02. The third-order valence-corrected chi connectivity index (χ3v) is 6.07. The van der Waals surface area contributed by atoms with Gasteiger partial charge < -0.3 is 5.32 Å². The molecule has 0 bridgehead atoms. The highest BCUT2D eigenvalue weighted by Gasteiger charge is 2.35. The van der Waals surface area contributed by atoms with E-state index in [4.69, 9.17) is 9.98 Å². The predicted octanol–water partition coefficient (Wildman–Crippen LogP) is 6.52. The standard InChI is InChI=1S/C25H30FN3/c1-18-8-4-5-9-22(18)23(27-20-12-10-19(26)11-13-20)29-24(28-21-14-15-21)25(2)16-6-3-7-17-25/h4-5,8-13,21H,3,6-7,14-17H2,1-2H3,(H,27,28,29). The van der Waals surface area contributed by atoms with Gasteiger partial charge in [-0.15, -0.1) is 0 Å². The topological polar surface area (TPSA) is 36.8 Å².